The molecule has 0 amide bonds. The summed E-state index contributed by atoms with van der Waals surface area (Å²) in [6.07, 6.45) is 2.97. The van der Waals surface area contributed by atoms with Crippen LogP contribution in [0.4, 0.5) is 5.69 Å². The Morgan fingerprint density at radius 2 is 1.90 bits per heavy atom. The number of hydrogen-bond acceptors (Lipinski definition) is 3. The number of phenolic OH excluding ortho intramolecular Hbond substituents is 1. The fourth-order valence-electron chi connectivity index (χ4n) is 2.67. The molecule has 0 aliphatic heterocycles. The van der Waals surface area contributed by atoms with Crippen LogP contribution in [-0.4, -0.2) is 14.9 Å². The van der Waals surface area contributed by atoms with Gasteiger partial charge in [-0.15, -0.1) is 0 Å². The van der Waals surface area contributed by atoms with Gasteiger partial charge in [-0.2, -0.15) is 5.10 Å². The van der Waals surface area contributed by atoms with E-state index < -0.39 is 0 Å². The lowest BCUT2D eigenvalue weighted by Crippen LogP contribution is -2.01. The van der Waals surface area contributed by atoms with Crippen molar-refractivity contribution in [3.63, 3.8) is 0 Å². The van der Waals surface area contributed by atoms with Crippen molar-refractivity contribution in [3.05, 3.63) is 53.9 Å². The lowest BCUT2D eigenvalue weighted by atomic mass is 10.1. The monoisotopic (exact) mass is 281 g/mol. The molecule has 2 aromatic carbocycles. The van der Waals surface area contributed by atoms with Crippen molar-refractivity contribution in [2.24, 2.45) is 7.05 Å². The van der Waals surface area contributed by atoms with Crippen molar-refractivity contribution in [1.82, 2.24) is 9.78 Å². The molecule has 3 rings (SSSR count). The van der Waals surface area contributed by atoms with Gasteiger partial charge in [-0.1, -0.05) is 31.2 Å². The van der Waals surface area contributed by atoms with Crippen LogP contribution in [0.15, 0.2) is 42.6 Å². The zero-order valence-electron chi connectivity index (χ0n) is 12.3. The maximum absolute atomic E-state index is 9.93. The fraction of sp³-hybridized carbons (Fsp3) is 0.235. The summed E-state index contributed by atoms with van der Waals surface area (Å²) >= 11 is 0. The highest BCUT2D eigenvalue weighted by Crippen LogP contribution is 2.30. The summed E-state index contributed by atoms with van der Waals surface area (Å²) in [5.41, 5.74) is 3.35. The van der Waals surface area contributed by atoms with E-state index in [0.717, 1.165) is 35.1 Å². The smallest absolute Gasteiger partial charge is 0.123 e. The quantitative estimate of drug-likeness (QED) is 0.770. The lowest BCUT2D eigenvalue weighted by molar-refractivity contribution is 0.481. The van der Waals surface area contributed by atoms with Gasteiger partial charge < -0.3 is 10.4 Å². The van der Waals surface area contributed by atoms with Gasteiger partial charge in [-0.05, 0) is 18.6 Å². The van der Waals surface area contributed by atoms with Gasteiger partial charge in [0.15, 0.2) is 0 Å². The van der Waals surface area contributed by atoms with Gasteiger partial charge in [-0.25, -0.2) is 0 Å². The average Bonchev–Trinajstić information content (AvgIpc) is 2.86. The maximum atomic E-state index is 9.93. The molecule has 108 valence electrons. The highest BCUT2D eigenvalue weighted by Gasteiger charge is 2.07. The second-order valence-electron chi connectivity index (χ2n) is 5.16. The highest BCUT2D eigenvalue weighted by molar-refractivity contribution is 5.97. The summed E-state index contributed by atoms with van der Waals surface area (Å²) in [5.74, 6) is 0.312. The normalized spacial score (nSPS) is 11.0. The number of anilines is 1. The Bertz CT molecular complexity index is 777. The van der Waals surface area contributed by atoms with E-state index in [-0.39, 0.29) is 0 Å². The summed E-state index contributed by atoms with van der Waals surface area (Å²) < 4.78 is 1.85. The Hall–Kier alpha value is -2.49. The van der Waals surface area contributed by atoms with Gasteiger partial charge in [0.2, 0.25) is 0 Å². The third kappa shape index (κ3) is 2.57. The van der Waals surface area contributed by atoms with Crippen LogP contribution in [0.1, 0.15) is 18.2 Å². The average molecular weight is 281 g/mol. The minimum absolute atomic E-state index is 0.312. The molecule has 0 unspecified atom stereocenters. The van der Waals surface area contributed by atoms with Crippen molar-refractivity contribution in [1.29, 1.82) is 0 Å². The molecule has 0 aliphatic carbocycles. The van der Waals surface area contributed by atoms with E-state index in [1.54, 1.807) is 6.07 Å². The number of hydrogen-bond donors (Lipinski definition) is 2. The Labute approximate surface area is 124 Å². The molecule has 21 heavy (non-hydrogen) atoms. The predicted molar refractivity (Wildman–Crippen MR) is 85.5 cm³/mol. The summed E-state index contributed by atoms with van der Waals surface area (Å²) in [4.78, 5) is 0. The molecule has 0 radical (unpaired) electrons. The number of aromatic hydroxyl groups is 1. The van der Waals surface area contributed by atoms with Crippen LogP contribution < -0.4 is 5.32 Å². The number of aryl methyl sites for hydroxylation is 2. The molecule has 4 nitrogen and oxygen atoms in total. The molecule has 0 aliphatic rings. The molecule has 1 heterocycles. The van der Waals surface area contributed by atoms with E-state index in [0.29, 0.717) is 5.75 Å². The van der Waals surface area contributed by atoms with E-state index in [1.165, 1.54) is 5.56 Å². The zero-order chi connectivity index (χ0) is 14.8. The van der Waals surface area contributed by atoms with Crippen LogP contribution in [-0.2, 0) is 20.0 Å². The van der Waals surface area contributed by atoms with Crippen LogP contribution >= 0.6 is 0 Å². The van der Waals surface area contributed by atoms with Crippen LogP contribution in [0, 0.1) is 0 Å². The second-order valence-corrected chi connectivity index (χ2v) is 5.16. The Kier molecular flexibility index (Phi) is 3.52. The standard InChI is InChI=1S/C17H19N3O/c1-3-15-12(11-20(2)19-15)10-18-16-8-4-7-14-13(16)6-5-9-17(14)21/h4-9,11,18,21H,3,10H2,1-2H3. The molecule has 0 bridgehead atoms. The number of benzene rings is 2. The molecule has 4 heteroatoms. The Morgan fingerprint density at radius 3 is 2.71 bits per heavy atom. The highest BCUT2D eigenvalue weighted by atomic mass is 16.3. The first-order valence-corrected chi connectivity index (χ1v) is 7.15. The van der Waals surface area contributed by atoms with E-state index in [4.69, 9.17) is 0 Å². The topological polar surface area (TPSA) is 50.1 Å². The molecule has 0 atom stereocenters. The van der Waals surface area contributed by atoms with Gasteiger partial charge in [0.1, 0.15) is 5.75 Å². The van der Waals surface area contributed by atoms with Gasteiger partial charge in [0.05, 0.1) is 5.69 Å². The van der Waals surface area contributed by atoms with E-state index in [2.05, 4.69) is 23.5 Å². The van der Waals surface area contributed by atoms with Crippen molar-refractivity contribution in [3.8, 4) is 5.75 Å². The maximum Gasteiger partial charge on any atom is 0.123 e. The minimum atomic E-state index is 0.312. The molecule has 1 aromatic heterocycles. The first kappa shape index (κ1) is 13.5. The summed E-state index contributed by atoms with van der Waals surface area (Å²) in [6, 6.07) is 11.5. The molecule has 3 aromatic rings. The number of rotatable bonds is 4. The molecular weight excluding hydrogens is 262 g/mol. The van der Waals surface area contributed by atoms with Crippen LogP contribution in [0.3, 0.4) is 0 Å². The first-order valence-electron chi connectivity index (χ1n) is 7.15. The number of phenols is 1. The van der Waals surface area contributed by atoms with E-state index in [1.807, 2.05) is 42.1 Å². The number of aromatic nitrogens is 2. The van der Waals surface area contributed by atoms with Crippen LogP contribution in [0.25, 0.3) is 10.8 Å². The van der Waals surface area contributed by atoms with Crippen molar-refractivity contribution >= 4 is 16.5 Å². The number of fused-ring (bicyclic) bond motifs is 1. The van der Waals surface area contributed by atoms with E-state index in [9.17, 15) is 5.11 Å². The SMILES string of the molecule is CCc1nn(C)cc1CNc1cccc2c(O)cccc12. The zero-order valence-corrected chi connectivity index (χ0v) is 12.3. The first-order chi connectivity index (χ1) is 10.2. The van der Waals surface area contributed by atoms with E-state index >= 15 is 0 Å². The predicted octanol–water partition coefficient (Wildman–Crippen LogP) is 3.45. The molecule has 2 N–H and O–H groups in total. The third-order valence-electron chi connectivity index (χ3n) is 3.70. The Morgan fingerprint density at radius 1 is 1.14 bits per heavy atom. The molecular formula is C17H19N3O. The lowest BCUT2D eigenvalue weighted by Gasteiger charge is -2.10. The molecule has 0 saturated heterocycles. The van der Waals surface area contributed by atoms with Crippen LogP contribution in [0.5, 0.6) is 5.75 Å². The minimum Gasteiger partial charge on any atom is -0.507 e. The Balaban J connectivity index is 1.90. The van der Waals surface area contributed by atoms with Gasteiger partial charge >= 0.3 is 0 Å². The number of nitrogens with one attached hydrogen (secondary N) is 1. The fourth-order valence-corrected chi connectivity index (χ4v) is 2.67. The summed E-state index contributed by atoms with van der Waals surface area (Å²) in [5, 5.41) is 19.7. The second kappa shape index (κ2) is 5.48. The van der Waals surface area contributed by atoms with Crippen molar-refractivity contribution in [2.75, 3.05) is 5.32 Å². The van der Waals surface area contributed by atoms with Crippen molar-refractivity contribution < 1.29 is 5.11 Å². The van der Waals surface area contributed by atoms with Crippen LogP contribution in [0.2, 0.25) is 0 Å². The summed E-state index contributed by atoms with van der Waals surface area (Å²) in [6.45, 7) is 2.84. The van der Waals surface area contributed by atoms with Gasteiger partial charge in [0, 0.05) is 41.8 Å². The van der Waals surface area contributed by atoms with Gasteiger partial charge in [-0.3, -0.25) is 4.68 Å². The van der Waals surface area contributed by atoms with Crippen molar-refractivity contribution in [2.45, 2.75) is 19.9 Å². The largest absolute Gasteiger partial charge is 0.507 e. The molecule has 0 fully saturated rings. The van der Waals surface area contributed by atoms with Gasteiger partial charge in [0.25, 0.3) is 0 Å². The third-order valence-corrected chi connectivity index (χ3v) is 3.70. The molecule has 0 spiro atoms. The number of nitrogens with zero attached hydrogens (tertiary/aromatic N) is 2. The molecule has 0 saturated carbocycles. The summed E-state index contributed by atoms with van der Waals surface area (Å²) in [7, 11) is 1.94.